The second-order valence-corrected chi connectivity index (χ2v) is 6.11. The van der Waals surface area contributed by atoms with Crippen molar-refractivity contribution in [2.45, 2.75) is 24.6 Å². The smallest absolute Gasteiger partial charge is 0.237 e. The van der Waals surface area contributed by atoms with Crippen molar-refractivity contribution in [3.8, 4) is 0 Å². The number of carbonyl (C=O) groups is 1. The first-order valence-electron chi connectivity index (χ1n) is 5.31. The second-order valence-electron chi connectivity index (χ2n) is 3.89. The van der Waals surface area contributed by atoms with E-state index in [0.717, 1.165) is 17.7 Å². The molecule has 1 aliphatic heterocycles. The molecule has 88 valence electrons. The molecule has 2 heterocycles. The summed E-state index contributed by atoms with van der Waals surface area (Å²) in [6.45, 7) is 1.79. The lowest BCUT2D eigenvalue weighted by Gasteiger charge is -2.23. The Kier molecular flexibility index (Phi) is 3.89. The van der Waals surface area contributed by atoms with Crippen LogP contribution in [0.15, 0.2) is 11.4 Å². The summed E-state index contributed by atoms with van der Waals surface area (Å²) in [5, 5.41) is 13.7. The van der Waals surface area contributed by atoms with E-state index in [1.165, 1.54) is 4.88 Å². The van der Waals surface area contributed by atoms with Crippen LogP contribution >= 0.6 is 23.1 Å². The van der Waals surface area contributed by atoms with Gasteiger partial charge < -0.3 is 10.4 Å². The zero-order valence-electron chi connectivity index (χ0n) is 9.10. The highest BCUT2D eigenvalue weighted by molar-refractivity contribution is 8.00. The van der Waals surface area contributed by atoms with Crippen LogP contribution in [0.5, 0.6) is 0 Å². The lowest BCUT2D eigenvalue weighted by atomic mass is 10.1. The molecule has 0 fully saturated rings. The molecule has 0 saturated carbocycles. The van der Waals surface area contributed by atoms with Crippen LogP contribution in [0.1, 0.15) is 22.6 Å². The van der Waals surface area contributed by atoms with Gasteiger partial charge in [0.25, 0.3) is 0 Å². The van der Waals surface area contributed by atoms with Crippen molar-refractivity contribution in [2.24, 2.45) is 0 Å². The number of aryl methyl sites for hydroxylation is 1. The first-order valence-corrected chi connectivity index (χ1v) is 7.24. The third-order valence-electron chi connectivity index (χ3n) is 2.58. The Morgan fingerprint density at radius 1 is 1.75 bits per heavy atom. The molecule has 1 aliphatic rings. The largest absolute Gasteiger partial charge is 0.394 e. The minimum Gasteiger partial charge on any atom is -0.394 e. The molecule has 1 amide bonds. The Bertz CT molecular complexity index is 378. The number of nitrogens with one attached hydrogen (secondary N) is 1. The Balaban J connectivity index is 2.09. The van der Waals surface area contributed by atoms with Crippen LogP contribution in [0.4, 0.5) is 0 Å². The maximum Gasteiger partial charge on any atom is 0.237 e. The fourth-order valence-electron chi connectivity index (χ4n) is 1.73. The van der Waals surface area contributed by atoms with Crippen LogP contribution in [0.2, 0.25) is 0 Å². The lowest BCUT2D eigenvalue weighted by molar-refractivity contribution is -0.121. The maximum absolute atomic E-state index is 12.0. The molecule has 2 unspecified atom stereocenters. The van der Waals surface area contributed by atoms with Gasteiger partial charge in [0.2, 0.25) is 5.91 Å². The summed E-state index contributed by atoms with van der Waals surface area (Å²) in [6, 6.07) is 1.87. The van der Waals surface area contributed by atoms with Gasteiger partial charge in [0, 0.05) is 10.9 Å². The zero-order chi connectivity index (χ0) is 11.5. The van der Waals surface area contributed by atoms with Crippen molar-refractivity contribution in [2.75, 3.05) is 12.4 Å². The van der Waals surface area contributed by atoms with E-state index in [4.69, 9.17) is 5.11 Å². The molecule has 0 spiro atoms. The Labute approximate surface area is 103 Å². The van der Waals surface area contributed by atoms with Crippen molar-refractivity contribution in [1.82, 2.24) is 5.32 Å². The molecule has 0 radical (unpaired) electrons. The molecule has 2 atom stereocenters. The third kappa shape index (κ3) is 2.42. The number of hydrogen-bond donors (Lipinski definition) is 2. The van der Waals surface area contributed by atoms with E-state index in [1.807, 2.05) is 11.4 Å². The molecule has 16 heavy (non-hydrogen) atoms. The highest BCUT2D eigenvalue weighted by atomic mass is 32.2. The number of rotatable bonds is 3. The molecule has 0 bridgehead atoms. The number of thiophene rings is 1. The van der Waals surface area contributed by atoms with Gasteiger partial charge in [-0.05, 0) is 36.1 Å². The summed E-state index contributed by atoms with van der Waals surface area (Å²) in [4.78, 5) is 13.3. The van der Waals surface area contributed by atoms with Gasteiger partial charge in [0.15, 0.2) is 0 Å². The molecule has 0 saturated heterocycles. The van der Waals surface area contributed by atoms with Crippen LogP contribution in [0, 0.1) is 0 Å². The maximum atomic E-state index is 12.0. The number of aliphatic hydroxyl groups excluding tert-OH is 1. The SMILES string of the molecule is CC(CO)NC(=O)C1SCCc2sccc21. The minimum absolute atomic E-state index is 0.0143. The highest BCUT2D eigenvalue weighted by Gasteiger charge is 2.28. The fourth-order valence-corrected chi connectivity index (χ4v) is 4.03. The van der Waals surface area contributed by atoms with Gasteiger partial charge in [-0.1, -0.05) is 0 Å². The van der Waals surface area contributed by atoms with Gasteiger partial charge in [0.1, 0.15) is 5.25 Å². The number of amides is 1. The number of thioether (sulfide) groups is 1. The standard InChI is InChI=1S/C11H15NO2S2/c1-7(6-13)12-11(14)10-8-2-4-15-9(8)3-5-16-10/h2,4,7,10,13H,3,5-6H2,1H3,(H,12,14). The van der Waals surface area contributed by atoms with Gasteiger partial charge in [-0.2, -0.15) is 0 Å². The average molecular weight is 257 g/mol. The van der Waals surface area contributed by atoms with Gasteiger partial charge in [-0.25, -0.2) is 0 Å². The van der Waals surface area contributed by atoms with Gasteiger partial charge in [-0.3, -0.25) is 4.79 Å². The Morgan fingerprint density at radius 3 is 3.31 bits per heavy atom. The van der Waals surface area contributed by atoms with Crippen LogP contribution in [-0.2, 0) is 11.2 Å². The molecule has 1 aromatic heterocycles. The number of aliphatic hydroxyl groups is 1. The first kappa shape index (κ1) is 12.0. The second kappa shape index (κ2) is 5.21. The number of fused-ring (bicyclic) bond motifs is 1. The fraction of sp³-hybridized carbons (Fsp3) is 0.545. The van der Waals surface area contributed by atoms with Crippen LogP contribution < -0.4 is 5.32 Å². The summed E-state index contributed by atoms with van der Waals surface area (Å²) < 4.78 is 0. The van der Waals surface area contributed by atoms with Crippen LogP contribution in [0.25, 0.3) is 0 Å². The average Bonchev–Trinajstić information content (AvgIpc) is 2.76. The zero-order valence-corrected chi connectivity index (χ0v) is 10.7. The summed E-state index contributed by atoms with van der Waals surface area (Å²) in [5.74, 6) is 1.02. The molecule has 5 heteroatoms. The van der Waals surface area contributed by atoms with Crippen molar-refractivity contribution >= 4 is 29.0 Å². The molecule has 0 aliphatic carbocycles. The van der Waals surface area contributed by atoms with Gasteiger partial charge >= 0.3 is 0 Å². The quantitative estimate of drug-likeness (QED) is 0.864. The lowest BCUT2D eigenvalue weighted by Crippen LogP contribution is -2.38. The van der Waals surface area contributed by atoms with Crippen molar-refractivity contribution in [3.05, 3.63) is 21.9 Å². The normalized spacial score (nSPS) is 21.2. The molecule has 3 nitrogen and oxygen atoms in total. The highest BCUT2D eigenvalue weighted by Crippen LogP contribution is 2.39. The number of carbonyl (C=O) groups excluding carboxylic acids is 1. The molecule has 1 aromatic rings. The summed E-state index contributed by atoms with van der Waals surface area (Å²) in [6.07, 6.45) is 1.07. The molecule has 2 N–H and O–H groups in total. The van der Waals surface area contributed by atoms with E-state index in [-0.39, 0.29) is 23.8 Å². The van der Waals surface area contributed by atoms with E-state index >= 15 is 0 Å². The van der Waals surface area contributed by atoms with Crippen LogP contribution in [0.3, 0.4) is 0 Å². The van der Waals surface area contributed by atoms with Crippen molar-refractivity contribution < 1.29 is 9.90 Å². The van der Waals surface area contributed by atoms with Crippen molar-refractivity contribution in [3.63, 3.8) is 0 Å². The van der Waals surface area contributed by atoms with Gasteiger partial charge in [0.05, 0.1) is 6.61 Å². The van der Waals surface area contributed by atoms with E-state index in [0.29, 0.717) is 0 Å². The predicted molar refractivity (Wildman–Crippen MR) is 67.9 cm³/mol. The first-order chi connectivity index (χ1) is 7.72. The minimum atomic E-state index is -0.169. The van der Waals surface area contributed by atoms with E-state index < -0.39 is 0 Å². The Morgan fingerprint density at radius 2 is 2.56 bits per heavy atom. The molecule has 0 aromatic carbocycles. The molecule has 2 rings (SSSR count). The van der Waals surface area contributed by atoms with Crippen LogP contribution in [-0.4, -0.2) is 29.4 Å². The van der Waals surface area contributed by atoms with E-state index in [2.05, 4.69) is 5.32 Å². The Hall–Kier alpha value is -0.520. The predicted octanol–water partition coefficient (Wildman–Crippen LogP) is 1.58. The van der Waals surface area contributed by atoms with Crippen molar-refractivity contribution in [1.29, 1.82) is 0 Å². The molecular weight excluding hydrogens is 242 g/mol. The summed E-state index contributed by atoms with van der Waals surface area (Å²) in [7, 11) is 0. The monoisotopic (exact) mass is 257 g/mol. The summed E-state index contributed by atoms with van der Waals surface area (Å²) >= 11 is 3.41. The van der Waals surface area contributed by atoms with E-state index in [1.54, 1.807) is 30.0 Å². The topological polar surface area (TPSA) is 49.3 Å². The number of hydrogen-bond acceptors (Lipinski definition) is 4. The third-order valence-corrected chi connectivity index (χ3v) is 4.81. The molecular formula is C11H15NO2S2. The van der Waals surface area contributed by atoms with E-state index in [9.17, 15) is 4.79 Å². The summed E-state index contributed by atoms with van der Waals surface area (Å²) in [5.41, 5.74) is 1.16. The van der Waals surface area contributed by atoms with Gasteiger partial charge in [-0.15, -0.1) is 23.1 Å².